The summed E-state index contributed by atoms with van der Waals surface area (Å²) in [5.74, 6) is 2.29. The van der Waals surface area contributed by atoms with Gasteiger partial charge in [0, 0.05) is 35.8 Å². The number of fused-ring (bicyclic) bond motifs is 9. The normalized spacial score (nSPS) is 12.1. The molecule has 0 unspecified atom stereocenters. The molecule has 7 nitrogen and oxygen atoms in total. The second-order valence-electron chi connectivity index (χ2n) is 17.3. The number of hydrogen-bond acceptors (Lipinski definition) is 4. The molecular formula is C56H39N7Pt2. The van der Waals surface area contributed by atoms with Gasteiger partial charge in [0.05, 0.1) is 0 Å². The number of rotatable bonds is 7. The molecule has 0 N–H and O–H groups in total. The third-order valence-electron chi connectivity index (χ3n) is 13.0. The Morgan fingerprint density at radius 2 is 0.677 bits per heavy atom. The summed E-state index contributed by atoms with van der Waals surface area (Å²) in [5.41, 5.74) is 9.17. The molecule has 0 atom stereocenters. The number of hydrogen-bond donors (Lipinski definition) is 0. The molecule has 12 rings (SSSR count). The Balaban J connectivity index is 0.00000249. The minimum absolute atomic E-state index is 0. The first-order valence-corrected chi connectivity index (χ1v) is 21.2. The van der Waals surface area contributed by atoms with Crippen LogP contribution in [-0.2, 0) is 53.0 Å². The van der Waals surface area contributed by atoms with Crippen LogP contribution in [-0.4, -0.2) is 33.6 Å². The van der Waals surface area contributed by atoms with Gasteiger partial charge < -0.3 is 13.7 Å². The van der Waals surface area contributed by atoms with E-state index >= 15 is 0 Å². The van der Waals surface area contributed by atoms with Gasteiger partial charge in [0.15, 0.2) is 0 Å². The summed E-state index contributed by atoms with van der Waals surface area (Å²) in [7, 11) is 0. The van der Waals surface area contributed by atoms with E-state index in [-0.39, 0.29) is 42.1 Å². The topological polar surface area (TPSA) is 66.3 Å². The Kier molecular flexibility index (Phi) is 10.6. The average Bonchev–Trinajstić information content (AvgIpc) is 3.97. The summed E-state index contributed by atoms with van der Waals surface area (Å²) >= 11 is 0. The van der Waals surface area contributed by atoms with Gasteiger partial charge in [0.1, 0.15) is 11.6 Å². The monoisotopic (exact) mass is 1200 g/mol. The number of benzene rings is 6. The molecule has 6 aromatic heterocycles. The maximum absolute atomic E-state index is 4.79. The third-order valence-corrected chi connectivity index (χ3v) is 13.0. The van der Waals surface area contributed by atoms with Crippen LogP contribution in [0.25, 0.3) is 83.0 Å². The number of pyridine rings is 2. The standard InChI is InChI=1S/C56H39N7.2Pt/c1-55(2,36-20-24-42-40-14-5-7-16-46(40)61(48(42)32-36)52-18-9-11-28-57-52)38-22-26-44-45-27-23-39(35-51(45)63(50(44)34-38)54-59-30-13-31-60-54)56(3,4)37-21-25-43-41-15-6-8-17-47(41)62(49(43)33-37)53-19-10-12-29-58-53;;/h5-31H,1-4H3;;/q-4;2*+2. The smallest absolute Gasteiger partial charge is 0.328 e. The molecule has 0 aliphatic heterocycles. The van der Waals surface area contributed by atoms with E-state index in [1.165, 1.54) is 10.8 Å². The minimum Gasteiger partial charge on any atom is -0.328 e. The SMILES string of the molecule is CC(C)(c1[c-]c2c(cc1)c1ccc(C(C)(C)c3[c-]c4c(cc3)c3ccccc3n4-c3ccccn3)[c-]c1n2-c1ncccn1)c1[c-]c2c(cc1)c1ccccc1n2-c1ccccn1.[Pt+2].[Pt+2]. The van der Waals surface area contributed by atoms with E-state index in [2.05, 4.69) is 163 Å². The molecular weight excluding hydrogens is 1160 g/mol. The molecule has 0 bridgehead atoms. The van der Waals surface area contributed by atoms with Crippen molar-refractivity contribution in [2.75, 3.05) is 0 Å². The van der Waals surface area contributed by atoms with Crippen LogP contribution in [0.2, 0.25) is 0 Å². The molecule has 0 aliphatic rings. The van der Waals surface area contributed by atoms with Crippen molar-refractivity contribution in [3.8, 4) is 17.6 Å². The van der Waals surface area contributed by atoms with Crippen molar-refractivity contribution in [2.45, 2.75) is 38.5 Å². The van der Waals surface area contributed by atoms with E-state index in [0.717, 1.165) is 88.5 Å². The predicted molar refractivity (Wildman–Crippen MR) is 253 cm³/mol. The van der Waals surface area contributed by atoms with Gasteiger partial charge in [-0.3, -0.25) is 0 Å². The van der Waals surface area contributed by atoms with Gasteiger partial charge in [-0.15, -0.1) is 10.8 Å². The zero-order chi connectivity index (χ0) is 42.5. The molecule has 0 aliphatic carbocycles. The predicted octanol–water partition coefficient (Wildman–Crippen LogP) is 12.4. The van der Waals surface area contributed by atoms with E-state index in [0.29, 0.717) is 5.95 Å². The Bertz CT molecular complexity index is 3510. The maximum Gasteiger partial charge on any atom is 2.00 e. The van der Waals surface area contributed by atoms with Gasteiger partial charge in [0.25, 0.3) is 0 Å². The first-order chi connectivity index (χ1) is 30.8. The second-order valence-corrected chi connectivity index (χ2v) is 17.3. The van der Waals surface area contributed by atoms with Gasteiger partial charge >= 0.3 is 42.1 Å². The van der Waals surface area contributed by atoms with E-state index in [1.807, 2.05) is 54.9 Å². The molecule has 318 valence electrons. The molecule has 0 amide bonds. The number of para-hydroxylation sites is 2. The Hall–Kier alpha value is -6.52. The van der Waals surface area contributed by atoms with Gasteiger partial charge in [-0.1, -0.05) is 98.3 Å². The minimum atomic E-state index is -0.476. The summed E-state index contributed by atoms with van der Waals surface area (Å²) in [5, 5.41) is 6.73. The summed E-state index contributed by atoms with van der Waals surface area (Å²) in [6, 6.07) is 64.1. The van der Waals surface area contributed by atoms with Crippen molar-refractivity contribution in [3.63, 3.8) is 0 Å². The largest absolute Gasteiger partial charge is 2.00 e. The second kappa shape index (κ2) is 16.2. The summed E-state index contributed by atoms with van der Waals surface area (Å²) in [6.45, 7) is 8.98. The molecule has 0 fully saturated rings. The van der Waals surface area contributed by atoms with E-state index < -0.39 is 10.8 Å². The van der Waals surface area contributed by atoms with Crippen molar-refractivity contribution in [2.24, 2.45) is 0 Å². The summed E-state index contributed by atoms with van der Waals surface area (Å²) in [4.78, 5) is 19.1. The van der Waals surface area contributed by atoms with Crippen LogP contribution in [0.5, 0.6) is 0 Å². The van der Waals surface area contributed by atoms with Gasteiger partial charge in [-0.25, -0.2) is 19.9 Å². The van der Waals surface area contributed by atoms with Gasteiger partial charge in [-0.2, -0.15) is 106 Å². The Morgan fingerprint density at radius 3 is 1.06 bits per heavy atom. The molecule has 12 aromatic rings. The molecule has 0 saturated heterocycles. The molecule has 6 aromatic carbocycles. The zero-order valence-corrected chi connectivity index (χ0v) is 40.4. The van der Waals surface area contributed by atoms with E-state index in [4.69, 9.17) is 19.9 Å². The maximum atomic E-state index is 4.79. The van der Waals surface area contributed by atoms with Crippen LogP contribution in [0, 0.1) is 24.3 Å². The van der Waals surface area contributed by atoms with Crippen LogP contribution in [0.15, 0.2) is 164 Å². The summed E-state index contributed by atoms with van der Waals surface area (Å²) in [6.07, 6.45) is 7.26. The fraction of sp³-hybridized carbons (Fsp3) is 0.107. The average molecular weight is 1200 g/mol. The van der Waals surface area contributed by atoms with Crippen LogP contribution < -0.4 is 0 Å². The van der Waals surface area contributed by atoms with Gasteiger partial charge in [0.2, 0.25) is 5.95 Å². The van der Waals surface area contributed by atoms with Crippen molar-refractivity contribution in [1.29, 1.82) is 0 Å². The van der Waals surface area contributed by atoms with Crippen molar-refractivity contribution < 1.29 is 42.1 Å². The van der Waals surface area contributed by atoms with Crippen molar-refractivity contribution in [1.82, 2.24) is 33.6 Å². The van der Waals surface area contributed by atoms with Gasteiger partial charge in [-0.05, 0) is 64.1 Å². The molecule has 65 heavy (non-hydrogen) atoms. The quantitative estimate of drug-likeness (QED) is 0.149. The number of nitrogens with zero attached hydrogens (tertiary/aromatic N) is 7. The van der Waals surface area contributed by atoms with Crippen LogP contribution in [0.1, 0.15) is 49.9 Å². The molecule has 0 radical (unpaired) electrons. The van der Waals surface area contributed by atoms with Crippen molar-refractivity contribution >= 4 is 65.4 Å². The summed E-state index contributed by atoms with van der Waals surface area (Å²) < 4.78 is 6.54. The third kappa shape index (κ3) is 6.62. The van der Waals surface area contributed by atoms with E-state index in [1.54, 1.807) is 12.4 Å². The number of aromatic nitrogens is 7. The Labute approximate surface area is 405 Å². The van der Waals surface area contributed by atoms with E-state index in [9.17, 15) is 0 Å². The fourth-order valence-corrected chi connectivity index (χ4v) is 9.45. The first kappa shape index (κ1) is 42.4. The molecule has 0 saturated carbocycles. The molecule has 6 heterocycles. The van der Waals surface area contributed by atoms with Crippen LogP contribution in [0.3, 0.4) is 0 Å². The zero-order valence-electron chi connectivity index (χ0n) is 35.9. The molecule has 0 spiro atoms. The van der Waals surface area contributed by atoms with Crippen LogP contribution >= 0.6 is 0 Å². The fourth-order valence-electron chi connectivity index (χ4n) is 9.45. The Morgan fingerprint density at radius 1 is 0.338 bits per heavy atom. The molecule has 9 heteroatoms. The van der Waals surface area contributed by atoms with Crippen LogP contribution in [0.4, 0.5) is 0 Å². The van der Waals surface area contributed by atoms with Crippen molar-refractivity contribution in [3.05, 3.63) is 211 Å². The first-order valence-electron chi connectivity index (χ1n) is 21.2.